The number of aryl methyl sites for hydroxylation is 1. The van der Waals surface area contributed by atoms with Crippen molar-refractivity contribution in [2.45, 2.75) is 0 Å². The van der Waals surface area contributed by atoms with E-state index < -0.39 is 5.91 Å². The number of nitrogens with two attached hydrogens (primary N) is 1. The molecular formula is C24H17N3O4. The van der Waals surface area contributed by atoms with Crippen LogP contribution >= 0.6 is 0 Å². The summed E-state index contributed by atoms with van der Waals surface area (Å²) in [6, 6.07) is 13.6. The Hall–Kier alpha value is -4.39. The number of allylic oxidation sites excluding steroid dienone is 1. The van der Waals surface area contributed by atoms with Gasteiger partial charge in [-0.25, -0.2) is 4.98 Å². The summed E-state index contributed by atoms with van der Waals surface area (Å²) in [7, 11) is 1.87. The number of amides is 1. The standard InChI is InChI=1S/C24H17N3O4/c1-27-12-15(11-19-22(29)21-17(28)3-2-4-18(21)31-19)20-16(9-10-26-24(20)27)13-5-7-14(8-6-13)23(25)30/h2-12,28H,1H3,(H2,25,30). The highest BCUT2D eigenvalue weighted by atomic mass is 16.5. The minimum Gasteiger partial charge on any atom is -0.507 e. The number of phenols is 1. The van der Waals surface area contributed by atoms with Crippen molar-refractivity contribution in [3.63, 3.8) is 0 Å². The van der Waals surface area contributed by atoms with Gasteiger partial charge in [-0.05, 0) is 47.5 Å². The van der Waals surface area contributed by atoms with Crippen LogP contribution in [0.4, 0.5) is 0 Å². The molecule has 7 nitrogen and oxygen atoms in total. The highest BCUT2D eigenvalue weighted by Crippen LogP contribution is 2.39. The number of fused-ring (bicyclic) bond motifs is 2. The van der Waals surface area contributed by atoms with Gasteiger partial charge >= 0.3 is 0 Å². The molecule has 0 radical (unpaired) electrons. The number of hydrogen-bond donors (Lipinski definition) is 2. The van der Waals surface area contributed by atoms with Crippen LogP contribution in [0.2, 0.25) is 0 Å². The maximum atomic E-state index is 12.8. The number of nitrogens with zero attached hydrogens (tertiary/aromatic N) is 2. The Morgan fingerprint density at radius 1 is 1.16 bits per heavy atom. The Morgan fingerprint density at radius 2 is 1.94 bits per heavy atom. The Bertz CT molecular complexity index is 1420. The van der Waals surface area contributed by atoms with Crippen LogP contribution in [0.15, 0.2) is 66.7 Å². The molecule has 2 aromatic carbocycles. The van der Waals surface area contributed by atoms with Crippen molar-refractivity contribution in [1.29, 1.82) is 0 Å². The second kappa shape index (κ2) is 6.84. The number of primary amides is 1. The summed E-state index contributed by atoms with van der Waals surface area (Å²) < 4.78 is 7.59. The second-order valence-corrected chi connectivity index (χ2v) is 7.28. The molecule has 0 unspecified atom stereocenters. The number of phenolic OH excluding ortho intramolecular Hbond substituents is 1. The van der Waals surface area contributed by atoms with Crippen molar-refractivity contribution >= 4 is 28.8 Å². The zero-order valence-electron chi connectivity index (χ0n) is 16.5. The van der Waals surface area contributed by atoms with Gasteiger partial charge in [0.05, 0.1) is 0 Å². The fourth-order valence-electron chi connectivity index (χ4n) is 3.86. The largest absolute Gasteiger partial charge is 0.507 e. The van der Waals surface area contributed by atoms with Crippen LogP contribution in [0.5, 0.6) is 11.5 Å². The third kappa shape index (κ3) is 2.95. The lowest BCUT2D eigenvalue weighted by molar-refractivity contribution is 0.0996. The zero-order valence-corrected chi connectivity index (χ0v) is 16.5. The fourth-order valence-corrected chi connectivity index (χ4v) is 3.86. The average Bonchev–Trinajstić information content (AvgIpc) is 3.26. The third-order valence-electron chi connectivity index (χ3n) is 5.33. The van der Waals surface area contributed by atoms with E-state index >= 15 is 0 Å². The van der Waals surface area contributed by atoms with Crippen molar-refractivity contribution < 1.29 is 19.4 Å². The fraction of sp³-hybridized carbons (Fsp3) is 0.0417. The van der Waals surface area contributed by atoms with Gasteiger partial charge in [0.25, 0.3) is 0 Å². The molecule has 1 amide bonds. The van der Waals surface area contributed by atoms with Gasteiger partial charge < -0.3 is 20.1 Å². The van der Waals surface area contributed by atoms with Crippen LogP contribution in [-0.4, -0.2) is 26.3 Å². The van der Waals surface area contributed by atoms with Gasteiger partial charge in [0.15, 0.2) is 5.76 Å². The Balaban J connectivity index is 1.66. The molecule has 0 fully saturated rings. The molecule has 0 saturated carbocycles. The minimum atomic E-state index is -0.490. The van der Waals surface area contributed by atoms with E-state index in [2.05, 4.69) is 4.98 Å². The SMILES string of the molecule is Cn1cc(C=C2Oc3cccc(O)c3C2=O)c2c(-c3ccc(C(N)=O)cc3)ccnc21. The van der Waals surface area contributed by atoms with Gasteiger partial charge in [0.2, 0.25) is 11.7 Å². The first-order chi connectivity index (χ1) is 14.9. The molecule has 1 aliphatic rings. The van der Waals surface area contributed by atoms with Gasteiger partial charge in [0, 0.05) is 36.0 Å². The van der Waals surface area contributed by atoms with E-state index in [9.17, 15) is 14.7 Å². The molecule has 7 heteroatoms. The molecule has 0 saturated heterocycles. The maximum absolute atomic E-state index is 12.8. The van der Waals surface area contributed by atoms with Crippen LogP contribution in [0.1, 0.15) is 26.3 Å². The normalized spacial score (nSPS) is 14.1. The molecule has 0 atom stereocenters. The summed E-state index contributed by atoms with van der Waals surface area (Å²) >= 11 is 0. The topological polar surface area (TPSA) is 107 Å². The van der Waals surface area contributed by atoms with Gasteiger partial charge in [-0.3, -0.25) is 9.59 Å². The molecule has 5 rings (SSSR count). The van der Waals surface area contributed by atoms with E-state index in [-0.39, 0.29) is 22.9 Å². The number of aromatic nitrogens is 2. The predicted octanol–water partition coefficient (Wildman–Crippen LogP) is 3.66. The van der Waals surface area contributed by atoms with Crippen molar-refractivity contribution in [2.75, 3.05) is 0 Å². The van der Waals surface area contributed by atoms with Crippen LogP contribution in [0, 0.1) is 0 Å². The van der Waals surface area contributed by atoms with Crippen LogP contribution in [-0.2, 0) is 7.05 Å². The minimum absolute atomic E-state index is 0.110. The summed E-state index contributed by atoms with van der Waals surface area (Å²) in [5.74, 6) is -0.516. The number of carbonyl (C=O) groups excluding carboxylic acids is 2. The van der Waals surface area contributed by atoms with Crippen LogP contribution < -0.4 is 10.5 Å². The number of hydrogen-bond acceptors (Lipinski definition) is 5. The van der Waals surface area contributed by atoms with E-state index in [1.54, 1.807) is 36.5 Å². The quantitative estimate of drug-likeness (QED) is 0.500. The number of Topliss-reactive ketones (excluding diaryl/α,β-unsaturated/α-hetero) is 1. The molecule has 152 valence electrons. The number of rotatable bonds is 3. The smallest absolute Gasteiger partial charge is 0.248 e. The lowest BCUT2D eigenvalue weighted by Gasteiger charge is -2.06. The van der Waals surface area contributed by atoms with Gasteiger partial charge in [0.1, 0.15) is 22.7 Å². The van der Waals surface area contributed by atoms with E-state index in [0.29, 0.717) is 11.3 Å². The molecule has 3 heterocycles. The number of benzene rings is 2. The second-order valence-electron chi connectivity index (χ2n) is 7.28. The van der Waals surface area contributed by atoms with Gasteiger partial charge in [-0.1, -0.05) is 18.2 Å². The maximum Gasteiger partial charge on any atom is 0.248 e. The number of aromatic hydroxyl groups is 1. The van der Waals surface area contributed by atoms with Crippen molar-refractivity contribution in [3.05, 3.63) is 83.4 Å². The molecule has 31 heavy (non-hydrogen) atoms. The van der Waals surface area contributed by atoms with Crippen molar-refractivity contribution in [2.24, 2.45) is 12.8 Å². The highest BCUT2D eigenvalue weighted by molar-refractivity contribution is 6.17. The van der Waals surface area contributed by atoms with E-state index in [1.807, 2.05) is 36.0 Å². The molecule has 0 bridgehead atoms. The Labute approximate surface area is 177 Å². The zero-order chi connectivity index (χ0) is 21.7. The van der Waals surface area contributed by atoms with Crippen molar-refractivity contribution in [1.82, 2.24) is 9.55 Å². The molecule has 0 spiro atoms. The van der Waals surface area contributed by atoms with Crippen molar-refractivity contribution in [3.8, 4) is 22.6 Å². The summed E-state index contributed by atoms with van der Waals surface area (Å²) in [4.78, 5) is 28.7. The first-order valence-corrected chi connectivity index (χ1v) is 9.54. The van der Waals surface area contributed by atoms with E-state index in [0.717, 1.165) is 27.7 Å². The number of pyridine rings is 1. The molecule has 0 aliphatic carbocycles. The molecule has 4 aromatic rings. The number of ether oxygens (including phenoxy) is 1. The molecule has 2 aromatic heterocycles. The van der Waals surface area contributed by atoms with E-state index in [4.69, 9.17) is 10.5 Å². The summed E-state index contributed by atoms with van der Waals surface area (Å²) in [6.07, 6.45) is 5.24. The first kappa shape index (κ1) is 18.6. The monoisotopic (exact) mass is 411 g/mol. The molecular weight excluding hydrogens is 394 g/mol. The lowest BCUT2D eigenvalue weighted by Crippen LogP contribution is -2.10. The molecule has 1 aliphatic heterocycles. The number of ketones is 1. The van der Waals surface area contributed by atoms with Crippen LogP contribution in [0.3, 0.4) is 0 Å². The Morgan fingerprint density at radius 3 is 2.65 bits per heavy atom. The predicted molar refractivity (Wildman–Crippen MR) is 116 cm³/mol. The number of carbonyl (C=O) groups is 2. The van der Waals surface area contributed by atoms with Crippen LogP contribution in [0.25, 0.3) is 28.2 Å². The lowest BCUT2D eigenvalue weighted by atomic mass is 9.99. The highest BCUT2D eigenvalue weighted by Gasteiger charge is 2.30. The summed E-state index contributed by atoms with van der Waals surface area (Å²) in [5, 5.41) is 10.9. The first-order valence-electron chi connectivity index (χ1n) is 9.54. The average molecular weight is 411 g/mol. The summed E-state index contributed by atoms with van der Waals surface area (Å²) in [5.41, 5.74) is 9.17. The van der Waals surface area contributed by atoms with Gasteiger partial charge in [-0.15, -0.1) is 0 Å². The molecule has 3 N–H and O–H groups in total. The Kier molecular flexibility index (Phi) is 4.11. The van der Waals surface area contributed by atoms with Gasteiger partial charge in [-0.2, -0.15) is 0 Å². The third-order valence-corrected chi connectivity index (χ3v) is 5.33. The summed E-state index contributed by atoms with van der Waals surface area (Å²) in [6.45, 7) is 0. The van der Waals surface area contributed by atoms with E-state index in [1.165, 1.54) is 6.07 Å².